The van der Waals surface area contributed by atoms with E-state index < -0.39 is 5.97 Å². The quantitative estimate of drug-likeness (QED) is 0.868. The zero-order valence-corrected chi connectivity index (χ0v) is 10.3. The summed E-state index contributed by atoms with van der Waals surface area (Å²) in [7, 11) is 2.01. The monoisotopic (exact) mass is 234 g/mol. The van der Waals surface area contributed by atoms with E-state index in [9.17, 15) is 4.79 Å². The third-order valence-electron chi connectivity index (χ3n) is 3.45. The molecule has 0 spiro atoms. The summed E-state index contributed by atoms with van der Waals surface area (Å²) in [5.74, 6) is 0.726. The molecular weight excluding hydrogens is 216 g/mol. The van der Waals surface area contributed by atoms with Crippen molar-refractivity contribution in [3.8, 4) is 0 Å². The Hall–Kier alpha value is -1.58. The van der Waals surface area contributed by atoms with Gasteiger partial charge in [-0.15, -0.1) is 0 Å². The van der Waals surface area contributed by atoms with Gasteiger partial charge in [-0.1, -0.05) is 6.42 Å². The van der Waals surface area contributed by atoms with E-state index in [1.807, 2.05) is 7.05 Å². The lowest BCUT2D eigenvalue weighted by molar-refractivity contribution is 0.0695. The van der Waals surface area contributed by atoms with Gasteiger partial charge >= 0.3 is 5.97 Å². The second kappa shape index (κ2) is 4.73. The first kappa shape index (κ1) is 11.9. The van der Waals surface area contributed by atoms with Gasteiger partial charge in [0.15, 0.2) is 0 Å². The van der Waals surface area contributed by atoms with Crippen LogP contribution in [0, 0.1) is 12.8 Å². The smallest absolute Gasteiger partial charge is 0.337 e. The summed E-state index contributed by atoms with van der Waals surface area (Å²) in [6, 6.07) is 3.42. The SMILES string of the molecule is Cc1nc(N(C)CC2CCC2)ccc1C(=O)O. The summed E-state index contributed by atoms with van der Waals surface area (Å²) in [5.41, 5.74) is 0.862. The van der Waals surface area contributed by atoms with E-state index in [1.165, 1.54) is 19.3 Å². The van der Waals surface area contributed by atoms with Crippen molar-refractivity contribution in [2.45, 2.75) is 26.2 Å². The molecule has 1 saturated carbocycles. The van der Waals surface area contributed by atoms with Crippen molar-refractivity contribution in [2.75, 3.05) is 18.5 Å². The van der Waals surface area contributed by atoms with Gasteiger partial charge in [0.2, 0.25) is 0 Å². The topological polar surface area (TPSA) is 53.4 Å². The lowest BCUT2D eigenvalue weighted by atomic mass is 9.85. The van der Waals surface area contributed by atoms with Crippen LogP contribution in [0.5, 0.6) is 0 Å². The van der Waals surface area contributed by atoms with Crippen LogP contribution in [0.3, 0.4) is 0 Å². The summed E-state index contributed by atoms with van der Waals surface area (Å²) in [6.07, 6.45) is 3.94. The fourth-order valence-corrected chi connectivity index (χ4v) is 2.14. The van der Waals surface area contributed by atoms with Gasteiger partial charge in [0.1, 0.15) is 5.82 Å². The number of aromatic carboxylic acids is 1. The van der Waals surface area contributed by atoms with Crippen molar-refractivity contribution in [3.63, 3.8) is 0 Å². The number of aryl methyl sites for hydroxylation is 1. The molecule has 0 saturated heterocycles. The minimum absolute atomic E-state index is 0.283. The van der Waals surface area contributed by atoms with Gasteiger partial charge in [0.05, 0.1) is 11.3 Å². The molecule has 1 aliphatic carbocycles. The second-order valence-corrected chi connectivity index (χ2v) is 4.79. The number of rotatable bonds is 4. The predicted molar refractivity (Wildman–Crippen MR) is 66.5 cm³/mol. The first-order chi connectivity index (χ1) is 8.08. The Morgan fingerprint density at radius 3 is 2.71 bits per heavy atom. The molecule has 1 N–H and O–H groups in total. The molecule has 0 radical (unpaired) electrons. The molecule has 2 rings (SSSR count). The standard InChI is InChI=1S/C13H18N2O2/c1-9-11(13(16)17)6-7-12(14-9)15(2)8-10-4-3-5-10/h6-7,10H,3-5,8H2,1-2H3,(H,16,17). The van der Waals surface area contributed by atoms with Crippen molar-refractivity contribution in [1.29, 1.82) is 0 Å². The molecule has 1 fully saturated rings. The second-order valence-electron chi connectivity index (χ2n) is 4.79. The number of hydrogen-bond acceptors (Lipinski definition) is 3. The number of carboxylic acid groups (broad SMARTS) is 1. The highest BCUT2D eigenvalue weighted by atomic mass is 16.4. The maximum absolute atomic E-state index is 10.9. The van der Waals surface area contributed by atoms with E-state index in [-0.39, 0.29) is 5.56 Å². The van der Waals surface area contributed by atoms with Crippen LogP contribution < -0.4 is 4.90 Å². The molecule has 92 valence electrons. The van der Waals surface area contributed by atoms with Crippen molar-refractivity contribution in [1.82, 2.24) is 4.98 Å². The average Bonchev–Trinajstić information content (AvgIpc) is 2.22. The molecule has 1 aliphatic rings. The molecule has 1 aromatic rings. The van der Waals surface area contributed by atoms with Crippen LogP contribution in [0.4, 0.5) is 5.82 Å². The zero-order valence-electron chi connectivity index (χ0n) is 10.3. The minimum atomic E-state index is -0.914. The van der Waals surface area contributed by atoms with Gasteiger partial charge in [-0.3, -0.25) is 0 Å². The van der Waals surface area contributed by atoms with Crippen LogP contribution in [-0.2, 0) is 0 Å². The summed E-state index contributed by atoms with van der Waals surface area (Å²) in [6.45, 7) is 2.75. The van der Waals surface area contributed by atoms with Gasteiger partial charge < -0.3 is 10.0 Å². The summed E-state index contributed by atoms with van der Waals surface area (Å²) < 4.78 is 0. The van der Waals surface area contributed by atoms with Crippen molar-refractivity contribution in [2.24, 2.45) is 5.92 Å². The molecule has 4 nitrogen and oxygen atoms in total. The normalized spacial score (nSPS) is 15.4. The molecule has 1 heterocycles. The third-order valence-corrected chi connectivity index (χ3v) is 3.45. The fraction of sp³-hybridized carbons (Fsp3) is 0.538. The predicted octanol–water partition coefficient (Wildman–Crippen LogP) is 2.32. The molecule has 0 bridgehead atoms. The Morgan fingerprint density at radius 2 is 2.24 bits per heavy atom. The number of carboxylic acids is 1. The molecule has 0 aromatic carbocycles. The minimum Gasteiger partial charge on any atom is -0.478 e. The Morgan fingerprint density at radius 1 is 1.53 bits per heavy atom. The summed E-state index contributed by atoms with van der Waals surface area (Å²) in [4.78, 5) is 17.3. The van der Waals surface area contributed by atoms with Crippen LogP contribution in [0.15, 0.2) is 12.1 Å². The Bertz CT molecular complexity index is 427. The van der Waals surface area contributed by atoms with Gasteiger partial charge in [-0.2, -0.15) is 0 Å². The summed E-state index contributed by atoms with van der Waals surface area (Å²) in [5, 5.41) is 8.93. The first-order valence-electron chi connectivity index (χ1n) is 6.00. The van der Waals surface area contributed by atoms with E-state index in [4.69, 9.17) is 5.11 Å². The van der Waals surface area contributed by atoms with Gasteiger partial charge in [0.25, 0.3) is 0 Å². The van der Waals surface area contributed by atoms with Crippen LogP contribution in [0.25, 0.3) is 0 Å². The van der Waals surface area contributed by atoms with Crippen LogP contribution in [-0.4, -0.2) is 29.7 Å². The lowest BCUT2D eigenvalue weighted by Crippen LogP contribution is -2.30. The van der Waals surface area contributed by atoms with Crippen LogP contribution in [0.2, 0.25) is 0 Å². The first-order valence-corrected chi connectivity index (χ1v) is 6.00. The Labute approximate surface area is 101 Å². The molecule has 0 amide bonds. The highest BCUT2D eigenvalue weighted by Crippen LogP contribution is 2.28. The third kappa shape index (κ3) is 2.57. The molecule has 17 heavy (non-hydrogen) atoms. The van der Waals surface area contributed by atoms with E-state index in [2.05, 4.69) is 9.88 Å². The van der Waals surface area contributed by atoms with Crippen molar-refractivity contribution >= 4 is 11.8 Å². The average molecular weight is 234 g/mol. The molecular formula is C13H18N2O2. The largest absolute Gasteiger partial charge is 0.478 e. The van der Waals surface area contributed by atoms with Crippen molar-refractivity contribution in [3.05, 3.63) is 23.4 Å². The zero-order chi connectivity index (χ0) is 12.4. The lowest BCUT2D eigenvalue weighted by Gasteiger charge is -2.30. The molecule has 0 aliphatic heterocycles. The number of pyridine rings is 1. The van der Waals surface area contributed by atoms with Gasteiger partial charge in [-0.05, 0) is 37.8 Å². The van der Waals surface area contributed by atoms with E-state index in [0.717, 1.165) is 18.3 Å². The van der Waals surface area contributed by atoms with Crippen LogP contribution in [0.1, 0.15) is 35.3 Å². The Kier molecular flexibility index (Phi) is 3.31. The highest BCUT2D eigenvalue weighted by molar-refractivity contribution is 5.89. The van der Waals surface area contributed by atoms with Gasteiger partial charge in [-0.25, -0.2) is 9.78 Å². The molecule has 1 aromatic heterocycles. The fourth-order valence-electron chi connectivity index (χ4n) is 2.14. The molecule has 0 unspecified atom stereocenters. The number of hydrogen-bond donors (Lipinski definition) is 1. The number of carbonyl (C=O) groups is 1. The van der Waals surface area contributed by atoms with E-state index in [1.54, 1.807) is 19.1 Å². The van der Waals surface area contributed by atoms with E-state index >= 15 is 0 Å². The maximum atomic E-state index is 10.9. The molecule has 0 atom stereocenters. The maximum Gasteiger partial charge on any atom is 0.337 e. The highest BCUT2D eigenvalue weighted by Gasteiger charge is 2.20. The number of nitrogens with zero attached hydrogens (tertiary/aromatic N) is 2. The van der Waals surface area contributed by atoms with E-state index in [0.29, 0.717) is 5.69 Å². The molecule has 4 heteroatoms. The van der Waals surface area contributed by atoms with Crippen molar-refractivity contribution < 1.29 is 9.90 Å². The number of anilines is 1. The summed E-state index contributed by atoms with van der Waals surface area (Å²) >= 11 is 0. The van der Waals surface area contributed by atoms with Crippen LogP contribution >= 0.6 is 0 Å². The Balaban J connectivity index is 2.10. The van der Waals surface area contributed by atoms with Gasteiger partial charge in [0, 0.05) is 13.6 Å². The number of aromatic nitrogens is 1.